The molecule has 3 aromatic rings. The molecule has 0 unspecified atom stereocenters. The summed E-state index contributed by atoms with van der Waals surface area (Å²) in [5.74, 6) is 0.851. The summed E-state index contributed by atoms with van der Waals surface area (Å²) in [6, 6.07) is 16.0. The molecule has 3 rings (SSSR count). The summed E-state index contributed by atoms with van der Waals surface area (Å²) in [5, 5.41) is 4.21. The van der Waals surface area contributed by atoms with Crippen molar-refractivity contribution in [2.45, 2.75) is 6.92 Å². The molecule has 4 heteroatoms. The SMILES string of the molecule is CCOc1ccccc1Nc1nc2ccccc2s1. The van der Waals surface area contributed by atoms with Crippen LogP contribution >= 0.6 is 11.3 Å². The van der Waals surface area contributed by atoms with Gasteiger partial charge in [0.25, 0.3) is 0 Å². The zero-order valence-electron chi connectivity index (χ0n) is 10.6. The Balaban J connectivity index is 1.92. The number of rotatable bonds is 4. The van der Waals surface area contributed by atoms with Gasteiger partial charge in [0.05, 0.1) is 22.5 Å². The highest BCUT2D eigenvalue weighted by molar-refractivity contribution is 7.22. The van der Waals surface area contributed by atoms with Crippen LogP contribution in [0.25, 0.3) is 10.2 Å². The molecule has 0 spiro atoms. The molecule has 1 aromatic heterocycles. The molecular formula is C15H14N2OS. The molecule has 3 nitrogen and oxygen atoms in total. The Morgan fingerprint density at radius 3 is 2.74 bits per heavy atom. The first kappa shape index (κ1) is 12.0. The third-order valence-corrected chi connectivity index (χ3v) is 3.67. The maximum absolute atomic E-state index is 5.60. The van der Waals surface area contributed by atoms with Gasteiger partial charge in [0.1, 0.15) is 5.75 Å². The fourth-order valence-corrected chi connectivity index (χ4v) is 2.77. The highest BCUT2D eigenvalue weighted by Gasteiger charge is 2.06. The number of nitrogens with zero attached hydrogens (tertiary/aromatic N) is 1. The van der Waals surface area contributed by atoms with Crippen LogP contribution in [0, 0.1) is 0 Å². The first-order valence-corrected chi connectivity index (χ1v) is 7.03. The van der Waals surface area contributed by atoms with Crippen LogP contribution in [-0.2, 0) is 0 Å². The van der Waals surface area contributed by atoms with Crippen LogP contribution < -0.4 is 10.1 Å². The monoisotopic (exact) mass is 270 g/mol. The lowest BCUT2D eigenvalue weighted by molar-refractivity contribution is 0.342. The number of fused-ring (bicyclic) bond motifs is 1. The molecule has 0 radical (unpaired) electrons. The van der Waals surface area contributed by atoms with Crippen LogP contribution in [-0.4, -0.2) is 11.6 Å². The second-order valence-corrected chi connectivity index (χ2v) is 5.07. The second kappa shape index (κ2) is 5.28. The molecule has 96 valence electrons. The first-order valence-electron chi connectivity index (χ1n) is 6.21. The quantitative estimate of drug-likeness (QED) is 0.761. The minimum absolute atomic E-state index is 0.651. The van der Waals surface area contributed by atoms with E-state index in [9.17, 15) is 0 Å². The van der Waals surface area contributed by atoms with Crippen molar-refractivity contribution in [1.82, 2.24) is 4.98 Å². The normalized spacial score (nSPS) is 10.6. The molecule has 2 aromatic carbocycles. The van der Waals surface area contributed by atoms with Crippen molar-refractivity contribution < 1.29 is 4.74 Å². The smallest absolute Gasteiger partial charge is 0.188 e. The first-order chi connectivity index (χ1) is 9.36. The molecule has 0 fully saturated rings. The summed E-state index contributed by atoms with van der Waals surface area (Å²) >= 11 is 1.64. The molecule has 0 saturated carbocycles. The fourth-order valence-electron chi connectivity index (χ4n) is 1.89. The molecule has 0 aliphatic heterocycles. The summed E-state index contributed by atoms with van der Waals surface area (Å²) in [6.45, 7) is 2.63. The minimum atomic E-state index is 0.651. The van der Waals surface area contributed by atoms with Gasteiger partial charge in [-0.05, 0) is 31.2 Å². The predicted octanol–water partition coefficient (Wildman–Crippen LogP) is 4.44. The Morgan fingerprint density at radius 1 is 1.11 bits per heavy atom. The van der Waals surface area contributed by atoms with Crippen molar-refractivity contribution >= 4 is 32.4 Å². The maximum atomic E-state index is 5.60. The lowest BCUT2D eigenvalue weighted by Gasteiger charge is -2.09. The number of anilines is 2. The molecule has 0 atom stereocenters. The van der Waals surface area contributed by atoms with E-state index in [-0.39, 0.29) is 0 Å². The van der Waals surface area contributed by atoms with Gasteiger partial charge in [-0.2, -0.15) is 0 Å². The van der Waals surface area contributed by atoms with Crippen molar-refractivity contribution in [2.75, 3.05) is 11.9 Å². The van der Waals surface area contributed by atoms with Crippen molar-refractivity contribution in [3.63, 3.8) is 0 Å². The molecular weight excluding hydrogens is 256 g/mol. The van der Waals surface area contributed by atoms with Gasteiger partial charge in [0.15, 0.2) is 5.13 Å². The number of hydrogen-bond donors (Lipinski definition) is 1. The van der Waals surface area contributed by atoms with E-state index in [1.165, 1.54) is 4.70 Å². The molecule has 0 amide bonds. The Morgan fingerprint density at radius 2 is 1.89 bits per heavy atom. The van der Waals surface area contributed by atoms with Crippen LogP contribution in [0.3, 0.4) is 0 Å². The lowest BCUT2D eigenvalue weighted by atomic mass is 10.3. The van der Waals surface area contributed by atoms with E-state index in [1.54, 1.807) is 11.3 Å². The van der Waals surface area contributed by atoms with E-state index < -0.39 is 0 Å². The van der Waals surface area contributed by atoms with Crippen molar-refractivity contribution in [2.24, 2.45) is 0 Å². The Bertz CT molecular complexity index is 660. The molecule has 0 aliphatic carbocycles. The second-order valence-electron chi connectivity index (χ2n) is 4.04. The maximum Gasteiger partial charge on any atom is 0.188 e. The van der Waals surface area contributed by atoms with Gasteiger partial charge in [0.2, 0.25) is 0 Å². The van der Waals surface area contributed by atoms with Crippen LogP contribution in [0.2, 0.25) is 0 Å². The molecule has 0 bridgehead atoms. The van der Waals surface area contributed by atoms with E-state index in [2.05, 4.69) is 16.4 Å². The van der Waals surface area contributed by atoms with E-state index in [1.807, 2.05) is 49.4 Å². The number of ether oxygens (including phenoxy) is 1. The summed E-state index contributed by atoms with van der Waals surface area (Å²) in [6.07, 6.45) is 0. The molecule has 0 saturated heterocycles. The summed E-state index contributed by atoms with van der Waals surface area (Å²) in [7, 11) is 0. The average Bonchev–Trinajstić information content (AvgIpc) is 2.83. The van der Waals surface area contributed by atoms with Crippen molar-refractivity contribution in [1.29, 1.82) is 0 Å². The van der Waals surface area contributed by atoms with Crippen molar-refractivity contribution in [3.8, 4) is 5.75 Å². The summed E-state index contributed by atoms with van der Waals surface area (Å²) < 4.78 is 6.78. The Hall–Kier alpha value is -2.07. The number of benzene rings is 2. The minimum Gasteiger partial charge on any atom is -0.492 e. The zero-order valence-corrected chi connectivity index (χ0v) is 11.4. The van der Waals surface area contributed by atoms with E-state index >= 15 is 0 Å². The lowest BCUT2D eigenvalue weighted by Crippen LogP contribution is -1.97. The topological polar surface area (TPSA) is 34.1 Å². The summed E-state index contributed by atoms with van der Waals surface area (Å²) in [5.41, 5.74) is 1.97. The standard InChI is InChI=1S/C15H14N2OS/c1-2-18-13-9-5-3-7-11(13)16-15-17-12-8-4-6-10-14(12)19-15/h3-10H,2H2,1H3,(H,16,17). The van der Waals surface area contributed by atoms with Gasteiger partial charge in [0, 0.05) is 0 Å². The van der Waals surface area contributed by atoms with Gasteiger partial charge in [-0.1, -0.05) is 35.6 Å². The molecule has 19 heavy (non-hydrogen) atoms. The molecule has 1 N–H and O–H groups in total. The van der Waals surface area contributed by atoms with Crippen LogP contribution in [0.15, 0.2) is 48.5 Å². The number of aromatic nitrogens is 1. The van der Waals surface area contributed by atoms with Gasteiger partial charge in [-0.25, -0.2) is 4.98 Å². The van der Waals surface area contributed by atoms with Crippen LogP contribution in [0.5, 0.6) is 5.75 Å². The van der Waals surface area contributed by atoms with Crippen molar-refractivity contribution in [3.05, 3.63) is 48.5 Å². The largest absolute Gasteiger partial charge is 0.492 e. The van der Waals surface area contributed by atoms with Crippen LogP contribution in [0.4, 0.5) is 10.8 Å². The Kier molecular flexibility index (Phi) is 3.33. The molecule has 1 heterocycles. The highest BCUT2D eigenvalue weighted by atomic mass is 32.1. The Labute approximate surface area is 115 Å². The van der Waals surface area contributed by atoms with Gasteiger partial charge in [-0.3, -0.25) is 0 Å². The number of hydrogen-bond acceptors (Lipinski definition) is 4. The molecule has 0 aliphatic rings. The number of nitrogens with one attached hydrogen (secondary N) is 1. The average molecular weight is 270 g/mol. The summed E-state index contributed by atoms with van der Waals surface area (Å²) in [4.78, 5) is 4.56. The third kappa shape index (κ3) is 2.53. The number of thiazole rings is 1. The van der Waals surface area contributed by atoms with E-state index in [4.69, 9.17) is 4.74 Å². The van der Waals surface area contributed by atoms with Crippen LogP contribution in [0.1, 0.15) is 6.92 Å². The van der Waals surface area contributed by atoms with E-state index in [0.717, 1.165) is 22.1 Å². The van der Waals surface area contributed by atoms with Gasteiger partial charge in [-0.15, -0.1) is 0 Å². The number of para-hydroxylation sites is 3. The predicted molar refractivity (Wildman–Crippen MR) is 80.5 cm³/mol. The van der Waals surface area contributed by atoms with Gasteiger partial charge >= 0.3 is 0 Å². The fraction of sp³-hybridized carbons (Fsp3) is 0.133. The van der Waals surface area contributed by atoms with Gasteiger partial charge < -0.3 is 10.1 Å². The van der Waals surface area contributed by atoms with E-state index in [0.29, 0.717) is 6.61 Å². The highest BCUT2D eigenvalue weighted by Crippen LogP contribution is 2.31. The zero-order chi connectivity index (χ0) is 13.1. The third-order valence-electron chi connectivity index (χ3n) is 2.72.